The summed E-state index contributed by atoms with van der Waals surface area (Å²) >= 11 is 5.92. The number of rotatable bonds is 8. The van der Waals surface area contributed by atoms with Gasteiger partial charge in [-0.1, -0.05) is 44.0 Å². The van der Waals surface area contributed by atoms with Crippen molar-refractivity contribution >= 4 is 29.4 Å². The number of benzene rings is 1. The number of carbonyl (C=O) groups is 3. The van der Waals surface area contributed by atoms with E-state index in [1.54, 1.807) is 24.3 Å². The molecule has 8 heteroatoms. The van der Waals surface area contributed by atoms with E-state index in [-0.39, 0.29) is 37.4 Å². The Morgan fingerprint density at radius 2 is 2.15 bits per heavy atom. The fourth-order valence-electron chi connectivity index (χ4n) is 2.79. The molecule has 0 radical (unpaired) electrons. The molecule has 1 saturated heterocycles. The maximum absolute atomic E-state index is 12.5. The molecular weight excluding hydrogens is 358 g/mol. The van der Waals surface area contributed by atoms with E-state index in [2.05, 4.69) is 10.6 Å². The van der Waals surface area contributed by atoms with Gasteiger partial charge in [-0.05, 0) is 23.6 Å². The van der Waals surface area contributed by atoms with Crippen molar-refractivity contribution in [1.82, 2.24) is 15.5 Å². The Morgan fingerprint density at radius 3 is 2.77 bits per heavy atom. The average molecular weight is 382 g/mol. The summed E-state index contributed by atoms with van der Waals surface area (Å²) in [5, 5.41) is 15.2. The second kappa shape index (κ2) is 9.00. The smallest absolute Gasteiger partial charge is 0.325 e. The van der Waals surface area contributed by atoms with Crippen molar-refractivity contribution in [3.05, 3.63) is 34.9 Å². The zero-order valence-electron chi connectivity index (χ0n) is 14.9. The van der Waals surface area contributed by atoms with E-state index in [0.717, 1.165) is 16.9 Å². The minimum Gasteiger partial charge on any atom is -0.394 e. The van der Waals surface area contributed by atoms with E-state index in [9.17, 15) is 19.5 Å². The molecule has 26 heavy (non-hydrogen) atoms. The van der Waals surface area contributed by atoms with Crippen LogP contribution in [0.5, 0.6) is 0 Å². The predicted molar refractivity (Wildman–Crippen MR) is 97.4 cm³/mol. The second-order valence-electron chi connectivity index (χ2n) is 6.50. The van der Waals surface area contributed by atoms with Crippen molar-refractivity contribution in [3.8, 4) is 0 Å². The summed E-state index contributed by atoms with van der Waals surface area (Å²) in [6.45, 7) is 3.81. The molecule has 3 N–H and O–H groups in total. The van der Waals surface area contributed by atoms with Crippen LogP contribution in [0.4, 0.5) is 4.79 Å². The molecule has 1 fully saturated rings. The van der Waals surface area contributed by atoms with Gasteiger partial charge in [0, 0.05) is 5.02 Å². The lowest BCUT2D eigenvalue weighted by molar-refractivity contribution is -0.131. The van der Waals surface area contributed by atoms with Crippen LogP contribution in [0.25, 0.3) is 0 Å². The first-order chi connectivity index (χ1) is 12.3. The zero-order chi connectivity index (χ0) is 19.3. The molecule has 1 aliphatic heterocycles. The molecule has 0 aromatic heterocycles. The van der Waals surface area contributed by atoms with Crippen molar-refractivity contribution in [2.24, 2.45) is 5.92 Å². The van der Waals surface area contributed by atoms with Crippen molar-refractivity contribution in [2.45, 2.75) is 45.3 Å². The molecule has 7 nitrogen and oxygen atoms in total. The molecule has 142 valence electrons. The molecule has 1 aromatic rings. The van der Waals surface area contributed by atoms with Crippen molar-refractivity contribution < 1.29 is 19.5 Å². The molecule has 0 saturated carbocycles. The molecular formula is C18H24ClN3O4. The van der Waals surface area contributed by atoms with Crippen LogP contribution in [0, 0.1) is 5.92 Å². The monoisotopic (exact) mass is 381 g/mol. The first-order valence-electron chi connectivity index (χ1n) is 8.62. The molecule has 0 unspecified atom stereocenters. The van der Waals surface area contributed by atoms with Gasteiger partial charge in [-0.3, -0.25) is 14.5 Å². The molecule has 1 aliphatic rings. The second-order valence-corrected chi connectivity index (χ2v) is 6.94. The van der Waals surface area contributed by atoms with Crippen LogP contribution in [0.1, 0.15) is 32.3 Å². The lowest BCUT2D eigenvalue weighted by Crippen LogP contribution is -2.44. The molecule has 1 heterocycles. The van der Waals surface area contributed by atoms with Gasteiger partial charge in [-0.2, -0.15) is 0 Å². The highest BCUT2D eigenvalue weighted by atomic mass is 35.5. The summed E-state index contributed by atoms with van der Waals surface area (Å²) in [4.78, 5) is 37.8. The van der Waals surface area contributed by atoms with E-state index in [1.165, 1.54) is 0 Å². The molecule has 0 bridgehead atoms. The Balaban J connectivity index is 1.96. The number of aliphatic hydroxyl groups is 1. The lowest BCUT2D eigenvalue weighted by atomic mass is 9.99. The Labute approximate surface area is 157 Å². The molecule has 2 rings (SSSR count). The van der Waals surface area contributed by atoms with Crippen LogP contribution in [-0.4, -0.2) is 46.5 Å². The standard InChI is InChI=1S/C18H24ClN3O4/c1-3-11(2)15(10-23)20-16(24)8-14-17(25)22(18(26)21-14)9-12-5-4-6-13(19)7-12/h4-7,11,14-15,23H,3,8-10H2,1-2H3,(H,20,24)(H,21,26)/t11-,14+,15+/m0/s1. The van der Waals surface area contributed by atoms with E-state index in [4.69, 9.17) is 11.6 Å². The van der Waals surface area contributed by atoms with Crippen molar-refractivity contribution in [1.29, 1.82) is 0 Å². The van der Waals surface area contributed by atoms with E-state index in [0.29, 0.717) is 5.02 Å². The van der Waals surface area contributed by atoms with Gasteiger partial charge in [0.25, 0.3) is 5.91 Å². The summed E-state index contributed by atoms with van der Waals surface area (Å²) < 4.78 is 0. The van der Waals surface area contributed by atoms with E-state index in [1.807, 2.05) is 13.8 Å². The van der Waals surface area contributed by atoms with E-state index < -0.39 is 18.0 Å². The van der Waals surface area contributed by atoms with Gasteiger partial charge < -0.3 is 15.7 Å². The third-order valence-electron chi connectivity index (χ3n) is 4.60. The first kappa shape index (κ1) is 20.2. The fraction of sp³-hybridized carbons (Fsp3) is 0.500. The molecule has 0 spiro atoms. The van der Waals surface area contributed by atoms with Crippen LogP contribution in [0.15, 0.2) is 24.3 Å². The van der Waals surface area contributed by atoms with Crippen LogP contribution < -0.4 is 10.6 Å². The predicted octanol–water partition coefficient (Wildman–Crippen LogP) is 1.67. The fourth-order valence-corrected chi connectivity index (χ4v) is 3.00. The minimum absolute atomic E-state index is 0.0927. The number of carbonyl (C=O) groups excluding carboxylic acids is 3. The average Bonchev–Trinajstić information content (AvgIpc) is 2.86. The highest BCUT2D eigenvalue weighted by molar-refractivity contribution is 6.30. The van der Waals surface area contributed by atoms with Gasteiger partial charge in [-0.25, -0.2) is 4.79 Å². The van der Waals surface area contributed by atoms with Gasteiger partial charge in [0.1, 0.15) is 6.04 Å². The van der Waals surface area contributed by atoms with Gasteiger partial charge in [-0.15, -0.1) is 0 Å². The topological polar surface area (TPSA) is 98.7 Å². The van der Waals surface area contributed by atoms with Crippen LogP contribution >= 0.6 is 11.6 Å². The van der Waals surface area contributed by atoms with Crippen LogP contribution in [0.2, 0.25) is 5.02 Å². The number of imide groups is 1. The Kier molecular flexibility index (Phi) is 6.99. The molecule has 1 aromatic carbocycles. The number of nitrogens with zero attached hydrogens (tertiary/aromatic N) is 1. The van der Waals surface area contributed by atoms with Gasteiger partial charge in [0.15, 0.2) is 0 Å². The maximum atomic E-state index is 12.5. The van der Waals surface area contributed by atoms with Crippen LogP contribution in [-0.2, 0) is 16.1 Å². The summed E-state index contributed by atoms with van der Waals surface area (Å²) in [7, 11) is 0. The molecule has 3 atom stereocenters. The normalized spacial score (nSPS) is 19.2. The van der Waals surface area contributed by atoms with Crippen molar-refractivity contribution in [3.63, 3.8) is 0 Å². The summed E-state index contributed by atoms with van der Waals surface area (Å²) in [6.07, 6.45) is 0.640. The number of hydrogen-bond acceptors (Lipinski definition) is 4. The number of nitrogens with one attached hydrogen (secondary N) is 2. The SMILES string of the molecule is CC[C@H](C)[C@@H](CO)NC(=O)C[C@H]1NC(=O)N(Cc2cccc(Cl)c2)C1=O. The Morgan fingerprint density at radius 1 is 1.42 bits per heavy atom. The molecule has 4 amide bonds. The number of halogens is 1. The summed E-state index contributed by atoms with van der Waals surface area (Å²) in [6, 6.07) is 5.09. The Hall–Kier alpha value is -2.12. The lowest BCUT2D eigenvalue weighted by Gasteiger charge is -2.22. The Bertz CT molecular complexity index is 682. The third-order valence-corrected chi connectivity index (χ3v) is 4.84. The minimum atomic E-state index is -0.905. The van der Waals surface area contributed by atoms with E-state index >= 15 is 0 Å². The molecule has 0 aliphatic carbocycles. The largest absolute Gasteiger partial charge is 0.394 e. The zero-order valence-corrected chi connectivity index (χ0v) is 15.6. The first-order valence-corrected chi connectivity index (χ1v) is 9.00. The van der Waals surface area contributed by atoms with Crippen LogP contribution in [0.3, 0.4) is 0 Å². The van der Waals surface area contributed by atoms with Crippen molar-refractivity contribution in [2.75, 3.05) is 6.61 Å². The maximum Gasteiger partial charge on any atom is 0.325 e. The van der Waals surface area contributed by atoms with Gasteiger partial charge in [0.05, 0.1) is 25.6 Å². The third kappa shape index (κ3) is 4.95. The number of hydrogen-bond donors (Lipinski definition) is 3. The number of amides is 4. The summed E-state index contributed by atoms with van der Waals surface area (Å²) in [5.41, 5.74) is 0.725. The van der Waals surface area contributed by atoms with Gasteiger partial charge in [0.2, 0.25) is 5.91 Å². The van der Waals surface area contributed by atoms with Gasteiger partial charge >= 0.3 is 6.03 Å². The number of aliphatic hydroxyl groups excluding tert-OH is 1. The highest BCUT2D eigenvalue weighted by Gasteiger charge is 2.39. The number of urea groups is 1. The highest BCUT2D eigenvalue weighted by Crippen LogP contribution is 2.17. The quantitative estimate of drug-likeness (QED) is 0.596. The summed E-state index contributed by atoms with van der Waals surface area (Å²) in [5.74, 6) is -0.723.